The van der Waals surface area contributed by atoms with Gasteiger partial charge in [-0.3, -0.25) is 0 Å². The number of fused-ring (bicyclic) bond motifs is 1. The first-order valence-electron chi connectivity index (χ1n) is 6.18. The maximum atomic E-state index is 6.03. The van der Waals surface area contributed by atoms with Crippen molar-refractivity contribution in [1.82, 2.24) is 14.7 Å². The molecule has 0 amide bonds. The van der Waals surface area contributed by atoms with E-state index >= 15 is 0 Å². The summed E-state index contributed by atoms with van der Waals surface area (Å²) in [7, 11) is 0. The van der Waals surface area contributed by atoms with Gasteiger partial charge in [-0.1, -0.05) is 18.0 Å². The summed E-state index contributed by atoms with van der Waals surface area (Å²) in [5.74, 6) is 1.10. The standard InChI is InChI=1S/C13H16ClN3/c14-10-4-5-12-8-16-13(17(12)9-10)7-11-3-1-2-6-15-11/h4-5,8-9,11,15H,1-3,6-7H2. The quantitative estimate of drug-likeness (QED) is 0.887. The summed E-state index contributed by atoms with van der Waals surface area (Å²) in [6.07, 6.45) is 8.70. The van der Waals surface area contributed by atoms with Crippen LogP contribution in [0.4, 0.5) is 0 Å². The molecule has 0 spiro atoms. The summed E-state index contributed by atoms with van der Waals surface area (Å²) in [5.41, 5.74) is 1.11. The maximum Gasteiger partial charge on any atom is 0.114 e. The number of halogens is 1. The number of rotatable bonds is 2. The molecule has 1 N–H and O–H groups in total. The number of nitrogens with zero attached hydrogens (tertiary/aromatic N) is 2. The second-order valence-electron chi connectivity index (χ2n) is 4.67. The second kappa shape index (κ2) is 4.67. The molecule has 4 heteroatoms. The van der Waals surface area contributed by atoms with Crippen LogP contribution < -0.4 is 5.32 Å². The average Bonchev–Trinajstić information content (AvgIpc) is 2.73. The number of piperidine rings is 1. The molecule has 17 heavy (non-hydrogen) atoms. The van der Waals surface area contributed by atoms with E-state index in [9.17, 15) is 0 Å². The van der Waals surface area contributed by atoms with Gasteiger partial charge in [-0.05, 0) is 31.5 Å². The monoisotopic (exact) mass is 249 g/mol. The summed E-state index contributed by atoms with van der Waals surface area (Å²) in [6, 6.07) is 4.47. The summed E-state index contributed by atoms with van der Waals surface area (Å²) in [5, 5.41) is 4.31. The van der Waals surface area contributed by atoms with E-state index in [2.05, 4.69) is 14.7 Å². The molecule has 0 saturated carbocycles. The minimum absolute atomic E-state index is 0.563. The Kier molecular flexibility index (Phi) is 3.04. The lowest BCUT2D eigenvalue weighted by molar-refractivity contribution is 0.394. The Morgan fingerprint density at radius 2 is 2.35 bits per heavy atom. The zero-order valence-corrected chi connectivity index (χ0v) is 10.5. The minimum Gasteiger partial charge on any atom is -0.314 e. The van der Waals surface area contributed by atoms with Crippen LogP contribution in [-0.2, 0) is 6.42 Å². The highest BCUT2D eigenvalue weighted by Gasteiger charge is 2.15. The minimum atomic E-state index is 0.563. The van der Waals surface area contributed by atoms with Gasteiger partial charge in [0.05, 0.1) is 16.7 Å². The fourth-order valence-corrected chi connectivity index (χ4v) is 2.65. The lowest BCUT2D eigenvalue weighted by Crippen LogP contribution is -2.36. The first-order valence-corrected chi connectivity index (χ1v) is 6.55. The van der Waals surface area contributed by atoms with Crippen LogP contribution in [-0.4, -0.2) is 22.0 Å². The lowest BCUT2D eigenvalue weighted by atomic mass is 10.0. The summed E-state index contributed by atoms with van der Waals surface area (Å²) in [4.78, 5) is 4.49. The molecule has 0 aromatic carbocycles. The van der Waals surface area contributed by atoms with Crippen molar-refractivity contribution in [2.75, 3.05) is 6.54 Å². The number of hydrogen-bond acceptors (Lipinski definition) is 2. The molecule has 3 rings (SSSR count). The molecule has 1 saturated heterocycles. The number of pyridine rings is 1. The van der Waals surface area contributed by atoms with Gasteiger partial charge in [0.25, 0.3) is 0 Å². The van der Waals surface area contributed by atoms with Crippen molar-refractivity contribution >= 4 is 17.1 Å². The average molecular weight is 250 g/mol. The van der Waals surface area contributed by atoms with Gasteiger partial charge in [0.2, 0.25) is 0 Å². The van der Waals surface area contributed by atoms with Crippen LogP contribution in [0.3, 0.4) is 0 Å². The fraction of sp³-hybridized carbons (Fsp3) is 0.462. The van der Waals surface area contributed by atoms with Crippen LogP contribution in [0.2, 0.25) is 5.02 Å². The van der Waals surface area contributed by atoms with Gasteiger partial charge >= 0.3 is 0 Å². The van der Waals surface area contributed by atoms with Crippen molar-refractivity contribution in [3.8, 4) is 0 Å². The normalized spacial score (nSPS) is 20.9. The Bertz CT molecular complexity index is 514. The van der Waals surface area contributed by atoms with Crippen LogP contribution in [0.25, 0.3) is 5.52 Å². The molecule has 2 aromatic heterocycles. The maximum absolute atomic E-state index is 6.03. The van der Waals surface area contributed by atoms with Gasteiger partial charge in [0, 0.05) is 18.7 Å². The van der Waals surface area contributed by atoms with E-state index in [1.165, 1.54) is 19.3 Å². The zero-order valence-electron chi connectivity index (χ0n) is 9.69. The Hall–Kier alpha value is -1.06. The molecule has 1 aliphatic heterocycles. The van der Waals surface area contributed by atoms with E-state index in [1.54, 1.807) is 0 Å². The smallest absolute Gasteiger partial charge is 0.114 e. The first-order chi connectivity index (χ1) is 8.33. The molecule has 0 aliphatic carbocycles. The molecular weight excluding hydrogens is 234 g/mol. The molecule has 0 bridgehead atoms. The van der Waals surface area contributed by atoms with Gasteiger partial charge in [0.1, 0.15) is 5.82 Å². The molecule has 1 unspecified atom stereocenters. The van der Waals surface area contributed by atoms with E-state index in [-0.39, 0.29) is 0 Å². The van der Waals surface area contributed by atoms with E-state index in [0.717, 1.165) is 29.3 Å². The molecule has 2 aromatic rings. The highest BCUT2D eigenvalue weighted by Crippen LogP contribution is 2.16. The Morgan fingerprint density at radius 1 is 1.41 bits per heavy atom. The highest BCUT2D eigenvalue weighted by atomic mass is 35.5. The molecule has 1 atom stereocenters. The Balaban J connectivity index is 1.86. The number of hydrogen-bond donors (Lipinski definition) is 1. The topological polar surface area (TPSA) is 29.3 Å². The molecule has 1 fully saturated rings. The van der Waals surface area contributed by atoms with Crippen LogP contribution in [0, 0.1) is 0 Å². The van der Waals surface area contributed by atoms with Crippen LogP contribution in [0.5, 0.6) is 0 Å². The number of imidazole rings is 1. The SMILES string of the molecule is Clc1ccc2cnc(CC3CCCCN3)n2c1. The molecular formula is C13H16ClN3. The summed E-state index contributed by atoms with van der Waals surface area (Å²) >= 11 is 6.03. The van der Waals surface area contributed by atoms with E-state index in [4.69, 9.17) is 11.6 Å². The van der Waals surface area contributed by atoms with E-state index in [1.807, 2.05) is 24.5 Å². The number of nitrogens with one attached hydrogen (secondary N) is 1. The Labute approximate surface area is 106 Å². The van der Waals surface area contributed by atoms with Crippen LogP contribution >= 0.6 is 11.6 Å². The van der Waals surface area contributed by atoms with E-state index < -0.39 is 0 Å². The predicted octanol–water partition coefficient (Wildman–Crippen LogP) is 2.67. The van der Waals surface area contributed by atoms with Gasteiger partial charge in [-0.15, -0.1) is 0 Å². The lowest BCUT2D eigenvalue weighted by Gasteiger charge is -2.22. The molecule has 3 nitrogen and oxygen atoms in total. The molecule has 3 heterocycles. The first kappa shape index (κ1) is 11.1. The van der Waals surface area contributed by atoms with E-state index in [0.29, 0.717) is 6.04 Å². The van der Waals surface area contributed by atoms with Crippen LogP contribution in [0.1, 0.15) is 25.1 Å². The molecule has 0 radical (unpaired) electrons. The second-order valence-corrected chi connectivity index (χ2v) is 5.10. The fourth-order valence-electron chi connectivity index (χ4n) is 2.49. The van der Waals surface area contributed by atoms with Gasteiger partial charge < -0.3 is 9.72 Å². The van der Waals surface area contributed by atoms with Crippen molar-refractivity contribution in [1.29, 1.82) is 0 Å². The van der Waals surface area contributed by atoms with Crippen molar-refractivity contribution in [2.45, 2.75) is 31.7 Å². The van der Waals surface area contributed by atoms with Crippen molar-refractivity contribution in [3.05, 3.63) is 35.4 Å². The van der Waals surface area contributed by atoms with Crippen molar-refractivity contribution in [2.24, 2.45) is 0 Å². The zero-order chi connectivity index (χ0) is 11.7. The predicted molar refractivity (Wildman–Crippen MR) is 69.5 cm³/mol. The van der Waals surface area contributed by atoms with Gasteiger partial charge in [-0.25, -0.2) is 4.98 Å². The Morgan fingerprint density at radius 3 is 3.18 bits per heavy atom. The molecule has 1 aliphatic rings. The third-order valence-electron chi connectivity index (χ3n) is 3.41. The number of aromatic nitrogens is 2. The van der Waals surface area contributed by atoms with Crippen LogP contribution in [0.15, 0.2) is 24.5 Å². The van der Waals surface area contributed by atoms with Crippen molar-refractivity contribution in [3.63, 3.8) is 0 Å². The molecule has 90 valence electrons. The summed E-state index contributed by atoms with van der Waals surface area (Å²) in [6.45, 7) is 1.13. The third kappa shape index (κ3) is 2.31. The highest BCUT2D eigenvalue weighted by molar-refractivity contribution is 6.30. The van der Waals surface area contributed by atoms with Gasteiger partial charge in [-0.2, -0.15) is 0 Å². The van der Waals surface area contributed by atoms with Gasteiger partial charge in [0.15, 0.2) is 0 Å². The van der Waals surface area contributed by atoms with Crippen molar-refractivity contribution < 1.29 is 0 Å². The largest absolute Gasteiger partial charge is 0.314 e. The third-order valence-corrected chi connectivity index (χ3v) is 3.63. The summed E-state index contributed by atoms with van der Waals surface area (Å²) < 4.78 is 2.10.